The normalized spacial score (nSPS) is 12.9. The third-order valence-electron chi connectivity index (χ3n) is 1.97. The molecule has 0 aliphatic heterocycles. The fourth-order valence-corrected chi connectivity index (χ4v) is 1.19. The van der Waals surface area contributed by atoms with Crippen molar-refractivity contribution >= 4 is 11.6 Å². The maximum atomic E-state index is 9.73. The monoisotopic (exact) mass is 191 g/mol. The van der Waals surface area contributed by atoms with Crippen LogP contribution in [0.4, 0.5) is 5.69 Å². The van der Waals surface area contributed by atoms with Crippen LogP contribution >= 0.6 is 0 Å². The molecule has 0 aromatic heterocycles. The van der Waals surface area contributed by atoms with Crippen LogP contribution < -0.4 is 0 Å². The summed E-state index contributed by atoms with van der Waals surface area (Å²) < 4.78 is 1.76. The van der Waals surface area contributed by atoms with Crippen LogP contribution in [0.2, 0.25) is 0 Å². The summed E-state index contributed by atoms with van der Waals surface area (Å²) in [5.74, 6) is 0.646. The molecule has 0 spiro atoms. The molecular formula is C12H17NO+. The first-order valence-corrected chi connectivity index (χ1v) is 4.81. The standard InChI is InChI=1S/C12H16NO/c1-10(2)9-12(14)13(3)11-7-5-4-6-8-11/h4-10H,1-3H3/p+1. The molecule has 0 atom stereocenters. The van der Waals surface area contributed by atoms with E-state index in [1.54, 1.807) is 4.58 Å². The molecule has 1 aromatic carbocycles. The minimum Gasteiger partial charge on any atom is -0.463 e. The largest absolute Gasteiger partial charge is 0.463 e. The molecule has 0 saturated carbocycles. The second-order valence-corrected chi connectivity index (χ2v) is 3.66. The lowest BCUT2D eigenvalue weighted by Crippen LogP contribution is -2.15. The second kappa shape index (κ2) is 4.80. The van der Waals surface area contributed by atoms with E-state index in [1.165, 1.54) is 0 Å². The molecule has 0 bridgehead atoms. The maximum Gasteiger partial charge on any atom is 0.343 e. The number of aliphatic hydroxyl groups is 1. The van der Waals surface area contributed by atoms with Crippen LogP contribution in [-0.4, -0.2) is 22.6 Å². The summed E-state index contributed by atoms with van der Waals surface area (Å²) in [6.07, 6.45) is 1.83. The number of hydrogen-bond donors (Lipinski definition) is 1. The van der Waals surface area contributed by atoms with E-state index in [-0.39, 0.29) is 0 Å². The Morgan fingerprint density at radius 1 is 1.29 bits per heavy atom. The Morgan fingerprint density at radius 2 is 1.86 bits per heavy atom. The summed E-state index contributed by atoms with van der Waals surface area (Å²) in [6.45, 7) is 4.07. The van der Waals surface area contributed by atoms with Crippen LogP contribution in [0.3, 0.4) is 0 Å². The number of para-hydroxylation sites is 1. The highest BCUT2D eigenvalue weighted by molar-refractivity contribution is 5.79. The molecule has 2 heteroatoms. The van der Waals surface area contributed by atoms with Gasteiger partial charge in [0, 0.05) is 12.1 Å². The van der Waals surface area contributed by atoms with E-state index in [0.29, 0.717) is 11.8 Å². The number of nitrogens with zero attached hydrogens (tertiary/aromatic N) is 1. The fourth-order valence-electron chi connectivity index (χ4n) is 1.19. The van der Waals surface area contributed by atoms with Crippen LogP contribution in [0, 0.1) is 12.3 Å². The lowest BCUT2D eigenvalue weighted by atomic mass is 10.1. The third-order valence-corrected chi connectivity index (χ3v) is 1.97. The molecule has 0 unspecified atom stereocenters. The van der Waals surface area contributed by atoms with Gasteiger partial charge in [-0.2, -0.15) is 4.58 Å². The molecule has 1 rings (SSSR count). The van der Waals surface area contributed by atoms with Crippen molar-refractivity contribution in [3.8, 4) is 0 Å². The van der Waals surface area contributed by atoms with Crippen molar-refractivity contribution in [3.05, 3.63) is 36.8 Å². The Hall–Kier alpha value is -1.31. The highest BCUT2D eigenvalue weighted by Crippen LogP contribution is 2.10. The number of rotatable bonds is 3. The SMILES string of the molecule is CC(C)[CH]C(O)=[N+](C)c1ccccc1. The lowest BCUT2D eigenvalue weighted by molar-refractivity contribution is -0.414. The van der Waals surface area contributed by atoms with Gasteiger partial charge in [0.15, 0.2) is 0 Å². The van der Waals surface area contributed by atoms with Crippen molar-refractivity contribution in [1.29, 1.82) is 0 Å². The minimum atomic E-state index is 0.297. The molecule has 0 aliphatic rings. The van der Waals surface area contributed by atoms with Crippen LogP contribution in [-0.2, 0) is 0 Å². The highest BCUT2D eigenvalue weighted by atomic mass is 16.3. The van der Waals surface area contributed by atoms with Crippen LogP contribution in [0.5, 0.6) is 0 Å². The Labute approximate surface area is 85.5 Å². The Morgan fingerprint density at radius 3 is 2.36 bits per heavy atom. The van der Waals surface area contributed by atoms with Gasteiger partial charge in [-0.25, -0.2) is 0 Å². The summed E-state index contributed by atoms with van der Waals surface area (Å²) in [4.78, 5) is 0. The van der Waals surface area contributed by atoms with Gasteiger partial charge in [-0.3, -0.25) is 0 Å². The maximum absolute atomic E-state index is 9.73. The summed E-state index contributed by atoms with van der Waals surface area (Å²) in [5, 5.41) is 9.73. The number of hydrogen-bond acceptors (Lipinski definition) is 0. The first-order valence-electron chi connectivity index (χ1n) is 4.81. The highest BCUT2D eigenvalue weighted by Gasteiger charge is 2.13. The van der Waals surface area contributed by atoms with Crippen molar-refractivity contribution in [3.63, 3.8) is 0 Å². The van der Waals surface area contributed by atoms with Crippen molar-refractivity contribution in [2.45, 2.75) is 13.8 Å². The smallest absolute Gasteiger partial charge is 0.343 e. The Bertz CT molecular complexity index is 314. The zero-order valence-electron chi connectivity index (χ0n) is 8.94. The first-order chi connectivity index (χ1) is 6.61. The molecule has 0 heterocycles. The van der Waals surface area contributed by atoms with Gasteiger partial charge in [0.05, 0.1) is 6.42 Å². The average Bonchev–Trinajstić information content (AvgIpc) is 2.17. The number of aliphatic hydroxyl groups excluding tert-OH is 1. The van der Waals surface area contributed by atoms with E-state index in [0.717, 1.165) is 5.69 Å². The van der Waals surface area contributed by atoms with E-state index in [9.17, 15) is 5.11 Å². The predicted molar refractivity (Wildman–Crippen MR) is 59.1 cm³/mol. The molecule has 1 aromatic rings. The van der Waals surface area contributed by atoms with Crippen molar-refractivity contribution in [1.82, 2.24) is 0 Å². The van der Waals surface area contributed by atoms with Gasteiger partial charge in [0.1, 0.15) is 7.05 Å². The first kappa shape index (κ1) is 10.8. The van der Waals surface area contributed by atoms with Gasteiger partial charge < -0.3 is 5.11 Å². The molecule has 75 valence electrons. The van der Waals surface area contributed by atoms with Crippen LogP contribution in [0.25, 0.3) is 0 Å². The van der Waals surface area contributed by atoms with Crippen molar-refractivity contribution in [2.75, 3.05) is 7.05 Å². The topological polar surface area (TPSA) is 23.2 Å². The molecule has 1 N–H and O–H groups in total. The minimum absolute atomic E-state index is 0.297. The molecular weight excluding hydrogens is 174 g/mol. The molecule has 0 amide bonds. The third kappa shape index (κ3) is 2.87. The zero-order valence-corrected chi connectivity index (χ0v) is 8.94. The average molecular weight is 191 g/mol. The van der Waals surface area contributed by atoms with Gasteiger partial charge in [-0.15, -0.1) is 0 Å². The van der Waals surface area contributed by atoms with E-state index >= 15 is 0 Å². The molecule has 2 nitrogen and oxygen atoms in total. The summed E-state index contributed by atoms with van der Waals surface area (Å²) in [5.41, 5.74) is 0.988. The predicted octanol–water partition coefficient (Wildman–Crippen LogP) is 2.78. The fraction of sp³-hybridized carbons (Fsp3) is 0.333. The summed E-state index contributed by atoms with van der Waals surface area (Å²) in [6, 6.07) is 9.79. The van der Waals surface area contributed by atoms with E-state index in [2.05, 4.69) is 0 Å². The van der Waals surface area contributed by atoms with Gasteiger partial charge in [-0.05, 0) is 5.92 Å². The van der Waals surface area contributed by atoms with Gasteiger partial charge in [-0.1, -0.05) is 32.0 Å². The Balaban J connectivity index is 2.87. The molecule has 0 aliphatic carbocycles. The van der Waals surface area contributed by atoms with Crippen molar-refractivity contribution < 1.29 is 9.68 Å². The molecule has 0 fully saturated rings. The molecule has 1 radical (unpaired) electrons. The molecule has 14 heavy (non-hydrogen) atoms. The Kier molecular flexibility index (Phi) is 3.69. The van der Waals surface area contributed by atoms with Gasteiger partial charge in [0.25, 0.3) is 0 Å². The van der Waals surface area contributed by atoms with E-state index < -0.39 is 0 Å². The quantitative estimate of drug-likeness (QED) is 0.443. The van der Waals surface area contributed by atoms with Gasteiger partial charge in [0.2, 0.25) is 5.69 Å². The summed E-state index contributed by atoms with van der Waals surface area (Å²) in [7, 11) is 1.85. The van der Waals surface area contributed by atoms with Crippen LogP contribution in [0.15, 0.2) is 30.3 Å². The zero-order chi connectivity index (χ0) is 10.6. The molecule has 0 saturated heterocycles. The van der Waals surface area contributed by atoms with E-state index in [4.69, 9.17) is 0 Å². The van der Waals surface area contributed by atoms with E-state index in [1.807, 2.05) is 57.6 Å². The number of benzene rings is 1. The van der Waals surface area contributed by atoms with Crippen LogP contribution in [0.1, 0.15) is 13.8 Å². The van der Waals surface area contributed by atoms with Gasteiger partial charge >= 0.3 is 5.90 Å². The van der Waals surface area contributed by atoms with Crippen molar-refractivity contribution in [2.24, 2.45) is 5.92 Å². The lowest BCUT2D eigenvalue weighted by Gasteiger charge is -2.01. The second-order valence-electron chi connectivity index (χ2n) is 3.66. The summed E-state index contributed by atoms with van der Waals surface area (Å²) >= 11 is 0.